The van der Waals surface area contributed by atoms with E-state index in [9.17, 15) is 4.79 Å². The second kappa shape index (κ2) is 7.14. The average molecular weight is 363 g/mol. The van der Waals surface area contributed by atoms with Gasteiger partial charge in [-0.1, -0.05) is 17.3 Å². The normalized spacial score (nSPS) is 19.1. The van der Waals surface area contributed by atoms with E-state index in [1.807, 2.05) is 24.3 Å². The molecule has 0 atom stereocenters. The molecule has 2 aromatic rings. The van der Waals surface area contributed by atoms with Crippen molar-refractivity contribution in [2.75, 3.05) is 13.1 Å². The van der Waals surface area contributed by atoms with Gasteiger partial charge in [-0.2, -0.15) is 4.98 Å². The van der Waals surface area contributed by atoms with Crippen molar-refractivity contribution in [3.8, 4) is 11.4 Å². The predicted molar refractivity (Wildman–Crippen MR) is 96.9 cm³/mol. The molecule has 1 amide bonds. The fraction of sp³-hybridized carbons (Fsp3) is 0.500. The summed E-state index contributed by atoms with van der Waals surface area (Å²) in [7, 11) is 0. The van der Waals surface area contributed by atoms with E-state index in [4.69, 9.17) is 4.52 Å². The first-order valence-corrected chi connectivity index (χ1v) is 8.60. The molecule has 6 nitrogen and oxygen atoms in total. The number of hydrogen-bond acceptors (Lipinski definition) is 5. The van der Waals surface area contributed by atoms with Gasteiger partial charge in [0, 0.05) is 22.6 Å². The Morgan fingerprint density at radius 2 is 2.08 bits per heavy atom. The molecule has 25 heavy (non-hydrogen) atoms. The summed E-state index contributed by atoms with van der Waals surface area (Å²) < 4.78 is 5.31. The number of halogens is 1. The highest BCUT2D eigenvalue weighted by molar-refractivity contribution is 5.95. The van der Waals surface area contributed by atoms with Crippen molar-refractivity contribution < 1.29 is 9.32 Å². The zero-order valence-corrected chi connectivity index (χ0v) is 15.1. The fourth-order valence-electron chi connectivity index (χ4n) is 3.10. The first kappa shape index (κ1) is 17.9. The van der Waals surface area contributed by atoms with Crippen molar-refractivity contribution in [1.82, 2.24) is 20.8 Å². The molecule has 1 aliphatic carbocycles. The van der Waals surface area contributed by atoms with Gasteiger partial charge in [0.2, 0.25) is 11.7 Å². The van der Waals surface area contributed by atoms with E-state index in [2.05, 4.69) is 27.7 Å². The highest BCUT2D eigenvalue weighted by Gasteiger charge is 2.30. The molecule has 2 heterocycles. The van der Waals surface area contributed by atoms with Crippen LogP contribution in [0.1, 0.15) is 54.8 Å². The minimum absolute atomic E-state index is 0. The lowest BCUT2D eigenvalue weighted by Crippen LogP contribution is -2.52. The van der Waals surface area contributed by atoms with Gasteiger partial charge in [0.15, 0.2) is 0 Å². The van der Waals surface area contributed by atoms with E-state index in [0.29, 0.717) is 23.2 Å². The Hall–Kier alpha value is -1.92. The van der Waals surface area contributed by atoms with Crippen molar-refractivity contribution in [2.45, 2.75) is 44.1 Å². The monoisotopic (exact) mass is 362 g/mol. The number of amides is 1. The summed E-state index contributed by atoms with van der Waals surface area (Å²) in [4.78, 5) is 17.1. The van der Waals surface area contributed by atoms with Crippen LogP contribution in [0.15, 0.2) is 28.8 Å². The number of nitrogens with one attached hydrogen (secondary N) is 2. The van der Waals surface area contributed by atoms with Crippen LogP contribution in [0.4, 0.5) is 0 Å². The third-order valence-electron chi connectivity index (χ3n) is 4.87. The number of carbonyl (C=O) groups excluding carboxylic acids is 1. The zero-order chi connectivity index (χ0) is 16.6. The number of nitrogens with zero attached hydrogens (tertiary/aromatic N) is 2. The predicted octanol–water partition coefficient (Wildman–Crippen LogP) is 2.91. The van der Waals surface area contributed by atoms with Gasteiger partial charge in [-0.05, 0) is 57.8 Å². The molecule has 0 radical (unpaired) electrons. The first-order valence-electron chi connectivity index (χ1n) is 8.60. The van der Waals surface area contributed by atoms with E-state index >= 15 is 0 Å². The Morgan fingerprint density at radius 3 is 2.80 bits per heavy atom. The highest BCUT2D eigenvalue weighted by atomic mass is 35.5. The summed E-state index contributed by atoms with van der Waals surface area (Å²) in [6, 6.07) is 7.43. The quantitative estimate of drug-likeness (QED) is 0.874. The third kappa shape index (κ3) is 4.02. The van der Waals surface area contributed by atoms with E-state index in [1.165, 1.54) is 0 Å². The zero-order valence-electron chi connectivity index (χ0n) is 14.2. The number of piperidine rings is 1. The summed E-state index contributed by atoms with van der Waals surface area (Å²) in [6.07, 6.45) is 4.12. The number of rotatable bonds is 4. The van der Waals surface area contributed by atoms with Gasteiger partial charge in [-0.3, -0.25) is 4.79 Å². The molecule has 134 valence electrons. The molecule has 0 bridgehead atoms. The fourth-order valence-corrected chi connectivity index (χ4v) is 3.10. The lowest BCUT2D eigenvalue weighted by Gasteiger charge is -2.35. The van der Waals surface area contributed by atoms with Crippen molar-refractivity contribution in [2.24, 2.45) is 0 Å². The summed E-state index contributed by atoms with van der Waals surface area (Å²) >= 11 is 0. The summed E-state index contributed by atoms with van der Waals surface area (Å²) in [5, 5.41) is 10.6. The molecule has 0 unspecified atom stereocenters. The van der Waals surface area contributed by atoms with Gasteiger partial charge < -0.3 is 15.2 Å². The number of carbonyl (C=O) groups is 1. The Bertz CT molecular complexity index is 751. The van der Waals surface area contributed by atoms with Crippen molar-refractivity contribution in [3.63, 3.8) is 0 Å². The topological polar surface area (TPSA) is 80.1 Å². The first-order chi connectivity index (χ1) is 11.6. The van der Waals surface area contributed by atoms with Crippen molar-refractivity contribution >= 4 is 18.3 Å². The molecule has 2 aliphatic rings. The van der Waals surface area contributed by atoms with Gasteiger partial charge in [-0.25, -0.2) is 0 Å². The molecule has 0 spiro atoms. The van der Waals surface area contributed by atoms with Crippen LogP contribution < -0.4 is 10.6 Å². The van der Waals surface area contributed by atoms with Crippen LogP contribution in [0.5, 0.6) is 0 Å². The molecule has 2 fully saturated rings. The molecular weight excluding hydrogens is 340 g/mol. The molecule has 1 aromatic heterocycles. The van der Waals surface area contributed by atoms with Crippen LogP contribution in [0, 0.1) is 0 Å². The van der Waals surface area contributed by atoms with Crippen LogP contribution in [-0.2, 0) is 0 Å². The molecule has 4 rings (SSSR count). The summed E-state index contributed by atoms with van der Waals surface area (Å²) in [5.41, 5.74) is 1.29. The second-order valence-electron chi connectivity index (χ2n) is 7.08. The SMILES string of the molecule is CC1(NC(=O)c2cccc(-c3noc(C4CC4)n3)c2)CCNCC1.Cl. The van der Waals surface area contributed by atoms with Crippen LogP contribution in [0.2, 0.25) is 0 Å². The van der Waals surface area contributed by atoms with Gasteiger partial charge in [-0.15, -0.1) is 12.4 Å². The number of aromatic nitrogens is 2. The van der Waals surface area contributed by atoms with E-state index in [-0.39, 0.29) is 23.9 Å². The Labute approximate surface area is 153 Å². The Morgan fingerprint density at radius 1 is 1.32 bits per heavy atom. The summed E-state index contributed by atoms with van der Waals surface area (Å²) in [6.45, 7) is 3.98. The lowest BCUT2D eigenvalue weighted by atomic mass is 9.90. The summed E-state index contributed by atoms with van der Waals surface area (Å²) in [5.74, 6) is 1.64. The van der Waals surface area contributed by atoms with E-state index < -0.39 is 0 Å². The Kier molecular flexibility index (Phi) is 5.11. The van der Waals surface area contributed by atoms with Gasteiger partial charge in [0.05, 0.1) is 0 Å². The number of benzene rings is 1. The highest BCUT2D eigenvalue weighted by Crippen LogP contribution is 2.39. The number of hydrogen-bond donors (Lipinski definition) is 2. The van der Waals surface area contributed by atoms with Gasteiger partial charge in [0.1, 0.15) is 0 Å². The maximum Gasteiger partial charge on any atom is 0.251 e. The maximum absolute atomic E-state index is 12.6. The average Bonchev–Trinajstić information content (AvgIpc) is 3.32. The lowest BCUT2D eigenvalue weighted by molar-refractivity contribution is 0.0887. The second-order valence-corrected chi connectivity index (χ2v) is 7.08. The molecular formula is C18H23ClN4O2. The third-order valence-corrected chi connectivity index (χ3v) is 4.87. The minimum Gasteiger partial charge on any atom is -0.347 e. The largest absolute Gasteiger partial charge is 0.347 e. The standard InChI is InChI=1S/C18H22N4O2.ClH/c1-18(7-9-19-10-8-18)21-16(23)14-4-2-3-13(11-14)15-20-17(24-22-15)12-5-6-12;/h2-4,11-12,19H,5-10H2,1H3,(H,21,23);1H. The molecule has 1 aromatic carbocycles. The molecule has 1 aliphatic heterocycles. The van der Waals surface area contributed by atoms with Gasteiger partial charge in [0.25, 0.3) is 5.91 Å². The van der Waals surface area contributed by atoms with Crippen LogP contribution in [0.3, 0.4) is 0 Å². The molecule has 1 saturated heterocycles. The minimum atomic E-state index is -0.149. The Balaban J connectivity index is 0.00000182. The van der Waals surface area contributed by atoms with E-state index in [1.54, 1.807) is 0 Å². The molecule has 2 N–H and O–H groups in total. The van der Waals surface area contributed by atoms with Crippen molar-refractivity contribution in [1.29, 1.82) is 0 Å². The molecule has 7 heteroatoms. The van der Waals surface area contributed by atoms with Crippen molar-refractivity contribution in [3.05, 3.63) is 35.7 Å². The van der Waals surface area contributed by atoms with Gasteiger partial charge >= 0.3 is 0 Å². The van der Waals surface area contributed by atoms with Crippen LogP contribution >= 0.6 is 12.4 Å². The smallest absolute Gasteiger partial charge is 0.251 e. The maximum atomic E-state index is 12.6. The van der Waals surface area contributed by atoms with Crippen LogP contribution in [-0.4, -0.2) is 34.7 Å². The van der Waals surface area contributed by atoms with E-state index in [0.717, 1.165) is 44.3 Å². The van der Waals surface area contributed by atoms with Crippen LogP contribution in [0.25, 0.3) is 11.4 Å². The molecule has 1 saturated carbocycles.